The van der Waals surface area contributed by atoms with E-state index in [4.69, 9.17) is 26.0 Å². The molecule has 0 atom stereocenters. The van der Waals surface area contributed by atoms with Gasteiger partial charge in [-0.2, -0.15) is 0 Å². The summed E-state index contributed by atoms with van der Waals surface area (Å²) < 4.78 is 11.6. The molecule has 0 aliphatic rings. The summed E-state index contributed by atoms with van der Waals surface area (Å²) in [4.78, 5) is 10.4. The summed E-state index contributed by atoms with van der Waals surface area (Å²) in [5.41, 5.74) is -2.13. The van der Waals surface area contributed by atoms with Crippen LogP contribution in [0.3, 0.4) is 0 Å². The lowest BCUT2D eigenvalue weighted by atomic mass is 10.1. The fourth-order valence-corrected chi connectivity index (χ4v) is 6.80. The van der Waals surface area contributed by atoms with E-state index < -0.39 is 11.7 Å². The van der Waals surface area contributed by atoms with Crippen LogP contribution in [0.25, 0.3) is 0 Å². The Labute approximate surface area is 157 Å². The average Bonchev–Trinajstić information content (AvgIpc) is 2.56. The van der Waals surface area contributed by atoms with Gasteiger partial charge in [-0.25, -0.2) is 0 Å². The molecule has 0 heterocycles. The lowest BCUT2D eigenvalue weighted by Crippen LogP contribution is -1.96. The van der Waals surface area contributed by atoms with Crippen LogP contribution < -0.4 is 0 Å². The van der Waals surface area contributed by atoms with Gasteiger partial charge in [-0.15, -0.1) is 0 Å². The first-order valence-corrected chi connectivity index (χ1v) is 13.5. The molecule has 0 aliphatic carbocycles. The van der Waals surface area contributed by atoms with Crippen molar-refractivity contribution in [3.63, 3.8) is 0 Å². The van der Waals surface area contributed by atoms with Crippen molar-refractivity contribution in [1.29, 1.82) is 0 Å². The third-order valence-electron chi connectivity index (χ3n) is 3.44. The highest BCUT2D eigenvalue weighted by atomic mass is 32.9. The lowest BCUT2D eigenvalue weighted by molar-refractivity contribution is -0.137. The van der Waals surface area contributed by atoms with E-state index in [1.165, 1.54) is 25.7 Å². The maximum Gasteiger partial charge on any atom is 0.303 e. The zero-order chi connectivity index (χ0) is 18.1. The third kappa shape index (κ3) is 15.9. The zero-order valence-corrected chi connectivity index (χ0v) is 17.9. The summed E-state index contributed by atoms with van der Waals surface area (Å²) >= 11 is 7.31. The topological polar surface area (TPSA) is 55.8 Å². The summed E-state index contributed by atoms with van der Waals surface area (Å²) in [7, 11) is 0. The molecule has 0 aromatic rings. The largest absolute Gasteiger partial charge is 0.481 e. The van der Waals surface area contributed by atoms with Crippen LogP contribution in [-0.4, -0.2) is 30.0 Å². The van der Waals surface area contributed by atoms with Gasteiger partial charge in [0.25, 0.3) is 0 Å². The Hall–Kier alpha value is 0.390. The molecule has 4 nitrogen and oxygen atoms in total. The molecular formula is C17H35O4PS2. The molecule has 7 heteroatoms. The van der Waals surface area contributed by atoms with Crippen LogP contribution in [0.15, 0.2) is 0 Å². The predicted molar refractivity (Wildman–Crippen MR) is 108 cm³/mol. The molecule has 0 aliphatic heterocycles. The second kappa shape index (κ2) is 16.8. The van der Waals surface area contributed by atoms with E-state index in [1.807, 2.05) is 0 Å². The molecule has 1 N–H and O–H groups in total. The van der Waals surface area contributed by atoms with Crippen molar-refractivity contribution in [2.45, 2.75) is 84.5 Å². The number of carboxylic acids is 1. The van der Waals surface area contributed by atoms with Crippen molar-refractivity contribution in [3.05, 3.63) is 0 Å². The fourth-order valence-electron chi connectivity index (χ4n) is 2.13. The van der Waals surface area contributed by atoms with Crippen molar-refractivity contribution in [3.8, 4) is 0 Å². The first-order valence-electron chi connectivity index (χ1n) is 9.29. The Morgan fingerprint density at radius 2 is 1.38 bits per heavy atom. The van der Waals surface area contributed by atoms with Gasteiger partial charge in [0.1, 0.15) is 0 Å². The van der Waals surface area contributed by atoms with Gasteiger partial charge in [0.2, 0.25) is 5.69 Å². The Bertz CT molecular complexity index is 341. The quantitative estimate of drug-likeness (QED) is 0.213. The third-order valence-corrected chi connectivity index (χ3v) is 8.94. The maximum atomic E-state index is 10.4. The van der Waals surface area contributed by atoms with E-state index in [0.29, 0.717) is 19.6 Å². The smallest absolute Gasteiger partial charge is 0.303 e. The Morgan fingerprint density at radius 3 is 1.83 bits per heavy atom. The Kier molecular flexibility index (Phi) is 17.1. The monoisotopic (exact) mass is 398 g/mol. The van der Waals surface area contributed by atoms with Gasteiger partial charge >= 0.3 is 5.97 Å². The number of aliphatic carboxylic acids is 1. The van der Waals surface area contributed by atoms with Crippen LogP contribution in [0, 0.1) is 0 Å². The van der Waals surface area contributed by atoms with Crippen molar-refractivity contribution in [2.24, 2.45) is 0 Å². The highest BCUT2D eigenvalue weighted by molar-refractivity contribution is 8.67. The van der Waals surface area contributed by atoms with Crippen molar-refractivity contribution >= 4 is 34.9 Å². The zero-order valence-electron chi connectivity index (χ0n) is 15.3. The molecule has 144 valence electrons. The van der Waals surface area contributed by atoms with E-state index in [1.54, 1.807) is 11.4 Å². The second-order valence-electron chi connectivity index (χ2n) is 5.92. The van der Waals surface area contributed by atoms with E-state index in [-0.39, 0.29) is 0 Å². The van der Waals surface area contributed by atoms with Gasteiger partial charge in [-0.05, 0) is 37.5 Å². The minimum absolute atomic E-state index is 0.309. The molecule has 0 saturated heterocycles. The van der Waals surface area contributed by atoms with Crippen LogP contribution in [-0.2, 0) is 25.6 Å². The SMILES string of the molecule is CCCOP(=S)(OCCC)SCCCCCCCCCCC(=O)O. The molecular weight excluding hydrogens is 363 g/mol. The van der Waals surface area contributed by atoms with E-state index >= 15 is 0 Å². The summed E-state index contributed by atoms with van der Waals surface area (Å²) in [6.07, 6.45) is 11.3. The second-order valence-corrected chi connectivity index (χ2v) is 12.3. The highest BCUT2D eigenvalue weighted by Crippen LogP contribution is 2.61. The minimum Gasteiger partial charge on any atom is -0.481 e. The van der Waals surface area contributed by atoms with Crippen molar-refractivity contribution < 1.29 is 18.9 Å². The van der Waals surface area contributed by atoms with Gasteiger partial charge in [0.15, 0.2) is 0 Å². The number of carboxylic acid groups (broad SMARTS) is 1. The van der Waals surface area contributed by atoms with Crippen LogP contribution in [0.2, 0.25) is 0 Å². The summed E-state index contributed by atoms with van der Waals surface area (Å²) in [5, 5.41) is 8.56. The standard InChI is InChI=1S/C17H35O4PS2/c1-3-14-20-22(23,21-15-4-2)24-16-12-10-8-6-5-7-9-11-13-17(18)19/h3-16H2,1-2H3,(H,18,19). The fraction of sp³-hybridized carbons (Fsp3) is 0.941. The minimum atomic E-state index is -2.13. The number of hydrogen-bond acceptors (Lipinski definition) is 5. The molecule has 0 aromatic carbocycles. The maximum absolute atomic E-state index is 10.4. The molecule has 0 amide bonds. The van der Waals surface area contributed by atoms with E-state index in [2.05, 4.69) is 13.8 Å². The van der Waals surface area contributed by atoms with Gasteiger partial charge in [0, 0.05) is 12.2 Å². The highest BCUT2D eigenvalue weighted by Gasteiger charge is 2.18. The summed E-state index contributed by atoms with van der Waals surface area (Å²) in [6.45, 7) is 5.56. The van der Waals surface area contributed by atoms with Crippen LogP contribution in [0.1, 0.15) is 84.5 Å². The van der Waals surface area contributed by atoms with Crippen LogP contribution in [0.5, 0.6) is 0 Å². The molecule has 0 bridgehead atoms. The molecule has 0 unspecified atom stereocenters. The Balaban J connectivity index is 3.57. The number of hydrogen-bond donors (Lipinski definition) is 1. The van der Waals surface area contributed by atoms with E-state index in [0.717, 1.165) is 44.3 Å². The van der Waals surface area contributed by atoms with Gasteiger partial charge < -0.3 is 14.2 Å². The van der Waals surface area contributed by atoms with E-state index in [9.17, 15) is 4.79 Å². The molecule has 0 rings (SSSR count). The number of rotatable bonds is 18. The number of carbonyl (C=O) groups is 1. The van der Waals surface area contributed by atoms with Gasteiger partial charge in [0.05, 0.1) is 13.2 Å². The van der Waals surface area contributed by atoms with Crippen LogP contribution >= 0.6 is 17.1 Å². The van der Waals surface area contributed by atoms with Gasteiger partial charge in [-0.1, -0.05) is 63.8 Å². The number of unbranched alkanes of at least 4 members (excludes halogenated alkanes) is 7. The molecule has 0 spiro atoms. The molecule has 0 fully saturated rings. The van der Waals surface area contributed by atoms with Gasteiger partial charge in [-0.3, -0.25) is 4.79 Å². The molecule has 24 heavy (non-hydrogen) atoms. The van der Waals surface area contributed by atoms with Crippen molar-refractivity contribution in [2.75, 3.05) is 19.0 Å². The Morgan fingerprint density at radius 1 is 0.917 bits per heavy atom. The first-order chi connectivity index (χ1) is 11.5. The van der Waals surface area contributed by atoms with Crippen molar-refractivity contribution in [1.82, 2.24) is 0 Å². The normalized spacial score (nSPS) is 11.8. The first kappa shape index (κ1) is 24.4. The molecule has 0 radical (unpaired) electrons. The molecule has 0 saturated carbocycles. The van der Waals surface area contributed by atoms with Crippen LogP contribution in [0.4, 0.5) is 0 Å². The summed E-state index contributed by atoms with van der Waals surface area (Å²) in [5.74, 6) is 0.336. The lowest BCUT2D eigenvalue weighted by Gasteiger charge is -2.21. The average molecular weight is 399 g/mol. The predicted octanol–water partition coefficient (Wildman–Crippen LogP) is 6.39. The summed E-state index contributed by atoms with van der Waals surface area (Å²) in [6, 6.07) is 0. The molecule has 0 aromatic heterocycles.